The molecule has 33 heavy (non-hydrogen) atoms. The van der Waals surface area contributed by atoms with Crippen LogP contribution in [0.4, 0.5) is 10.1 Å². The summed E-state index contributed by atoms with van der Waals surface area (Å²) in [5.41, 5.74) is 2.55. The molecule has 0 fully saturated rings. The molecule has 1 amide bonds. The fourth-order valence-electron chi connectivity index (χ4n) is 2.99. The van der Waals surface area contributed by atoms with Crippen LogP contribution in [0.2, 0.25) is 5.02 Å². The van der Waals surface area contributed by atoms with Gasteiger partial charge in [-0.15, -0.1) is 0 Å². The lowest BCUT2D eigenvalue weighted by Crippen LogP contribution is -2.14. The second-order valence-electron chi connectivity index (χ2n) is 7.00. The highest BCUT2D eigenvalue weighted by molar-refractivity contribution is 14.1. The summed E-state index contributed by atoms with van der Waals surface area (Å²) in [6, 6.07) is 16.7. The molecule has 0 unspecified atom stereocenters. The van der Waals surface area contributed by atoms with E-state index in [4.69, 9.17) is 21.1 Å². The van der Waals surface area contributed by atoms with Crippen LogP contribution >= 0.6 is 34.2 Å². The predicted octanol–water partition coefficient (Wildman–Crippen LogP) is 6.53. The normalized spacial score (nSPS) is 11.0. The zero-order chi connectivity index (χ0) is 24.0. The molecule has 0 saturated carbocycles. The zero-order valence-corrected chi connectivity index (χ0v) is 20.7. The van der Waals surface area contributed by atoms with Crippen molar-refractivity contribution in [2.24, 2.45) is 0 Å². The number of carbonyl (C=O) groups excluding carboxylic acids is 1. The van der Waals surface area contributed by atoms with E-state index in [9.17, 15) is 14.4 Å². The number of hydrogen-bond donors (Lipinski definition) is 1. The first-order valence-electron chi connectivity index (χ1n) is 9.75. The van der Waals surface area contributed by atoms with E-state index in [1.54, 1.807) is 36.4 Å². The summed E-state index contributed by atoms with van der Waals surface area (Å²) < 4.78 is 25.2. The Labute approximate surface area is 209 Å². The average Bonchev–Trinajstić information content (AvgIpc) is 2.79. The van der Waals surface area contributed by atoms with E-state index in [0.29, 0.717) is 27.8 Å². The summed E-state index contributed by atoms with van der Waals surface area (Å²) >= 11 is 8.27. The van der Waals surface area contributed by atoms with E-state index in [2.05, 4.69) is 27.9 Å². The number of rotatable bonds is 7. The van der Waals surface area contributed by atoms with Crippen LogP contribution in [-0.2, 0) is 11.4 Å². The summed E-state index contributed by atoms with van der Waals surface area (Å²) in [6.07, 6.45) is 1.47. The number of methoxy groups -OCH3 is 1. The number of hydrogen-bond acceptors (Lipinski definition) is 4. The summed E-state index contributed by atoms with van der Waals surface area (Å²) in [4.78, 5) is 12.7. The van der Waals surface area contributed by atoms with Gasteiger partial charge in [0.25, 0.3) is 5.91 Å². The number of aryl methyl sites for hydroxylation is 1. The average molecular weight is 577 g/mol. The van der Waals surface area contributed by atoms with Gasteiger partial charge in [-0.1, -0.05) is 35.9 Å². The number of ether oxygens (including phenoxy) is 2. The van der Waals surface area contributed by atoms with Crippen molar-refractivity contribution in [3.8, 4) is 17.6 Å². The largest absolute Gasteiger partial charge is 0.493 e. The summed E-state index contributed by atoms with van der Waals surface area (Å²) in [7, 11) is 1.50. The molecular formula is C25H19ClFIN2O3. The van der Waals surface area contributed by atoms with Crippen LogP contribution in [0.1, 0.15) is 16.7 Å². The molecule has 0 aliphatic heterocycles. The topological polar surface area (TPSA) is 71.3 Å². The first-order valence-corrected chi connectivity index (χ1v) is 11.2. The van der Waals surface area contributed by atoms with Crippen LogP contribution in [-0.4, -0.2) is 13.0 Å². The van der Waals surface area contributed by atoms with Gasteiger partial charge in [0.2, 0.25) is 0 Å². The van der Waals surface area contributed by atoms with Crippen molar-refractivity contribution in [2.45, 2.75) is 13.5 Å². The van der Waals surface area contributed by atoms with Gasteiger partial charge >= 0.3 is 0 Å². The maximum absolute atomic E-state index is 13.1. The highest BCUT2D eigenvalue weighted by Crippen LogP contribution is 2.35. The predicted molar refractivity (Wildman–Crippen MR) is 135 cm³/mol. The molecule has 168 valence electrons. The molecule has 0 aliphatic rings. The molecule has 3 aromatic rings. The Hall–Kier alpha value is -3.09. The third-order valence-electron chi connectivity index (χ3n) is 4.68. The van der Waals surface area contributed by atoms with Crippen molar-refractivity contribution < 1.29 is 18.7 Å². The summed E-state index contributed by atoms with van der Waals surface area (Å²) in [5.74, 6) is 0.0625. The van der Waals surface area contributed by atoms with Crippen molar-refractivity contribution >= 4 is 51.9 Å². The molecule has 8 heteroatoms. The fraction of sp³-hybridized carbons (Fsp3) is 0.120. The summed E-state index contributed by atoms with van der Waals surface area (Å²) in [5, 5.41) is 12.6. The smallest absolute Gasteiger partial charge is 0.266 e. The number of nitrogens with zero attached hydrogens (tertiary/aromatic N) is 1. The molecule has 0 radical (unpaired) electrons. The van der Waals surface area contributed by atoms with Crippen LogP contribution in [0, 0.1) is 27.6 Å². The van der Waals surface area contributed by atoms with Gasteiger partial charge in [0.05, 0.1) is 21.4 Å². The van der Waals surface area contributed by atoms with Gasteiger partial charge in [-0.05, 0) is 82.6 Å². The minimum Gasteiger partial charge on any atom is -0.493 e. The molecule has 0 aliphatic carbocycles. The molecule has 1 N–H and O–H groups in total. The number of nitriles is 1. The van der Waals surface area contributed by atoms with E-state index in [1.165, 1.54) is 25.3 Å². The Morgan fingerprint density at radius 3 is 2.61 bits per heavy atom. The van der Waals surface area contributed by atoms with E-state index >= 15 is 0 Å². The molecular weight excluding hydrogens is 558 g/mol. The lowest BCUT2D eigenvalue weighted by atomic mass is 10.1. The number of nitrogens with one attached hydrogen (secondary N) is 1. The quantitative estimate of drug-likeness (QED) is 0.197. The van der Waals surface area contributed by atoms with Gasteiger partial charge in [-0.25, -0.2) is 4.39 Å². The Balaban J connectivity index is 1.84. The molecule has 3 rings (SSSR count). The van der Waals surface area contributed by atoms with E-state index in [0.717, 1.165) is 14.7 Å². The van der Waals surface area contributed by atoms with Crippen molar-refractivity contribution in [3.63, 3.8) is 0 Å². The Morgan fingerprint density at radius 1 is 1.24 bits per heavy atom. The number of carbonyl (C=O) groups is 1. The van der Waals surface area contributed by atoms with Crippen molar-refractivity contribution in [1.82, 2.24) is 0 Å². The highest BCUT2D eigenvalue weighted by Gasteiger charge is 2.16. The molecule has 3 aromatic carbocycles. The van der Waals surface area contributed by atoms with Gasteiger partial charge in [0.15, 0.2) is 11.5 Å². The summed E-state index contributed by atoms with van der Waals surface area (Å²) in [6.45, 7) is 2.04. The minimum absolute atomic E-state index is 0.0906. The van der Waals surface area contributed by atoms with Crippen molar-refractivity contribution in [1.29, 1.82) is 5.26 Å². The second-order valence-corrected chi connectivity index (χ2v) is 8.57. The van der Waals surface area contributed by atoms with Crippen LogP contribution in [0.3, 0.4) is 0 Å². The first-order chi connectivity index (χ1) is 15.8. The molecule has 0 heterocycles. The molecule has 0 aromatic heterocycles. The monoisotopic (exact) mass is 576 g/mol. The number of amides is 1. The lowest BCUT2D eigenvalue weighted by molar-refractivity contribution is -0.112. The van der Waals surface area contributed by atoms with Gasteiger partial charge in [-0.3, -0.25) is 4.79 Å². The van der Waals surface area contributed by atoms with Crippen LogP contribution in [0.5, 0.6) is 11.5 Å². The fourth-order valence-corrected chi connectivity index (χ4v) is 4.04. The molecule has 0 spiro atoms. The highest BCUT2D eigenvalue weighted by atomic mass is 127. The third-order valence-corrected chi connectivity index (χ3v) is 5.80. The Morgan fingerprint density at radius 2 is 1.97 bits per heavy atom. The maximum Gasteiger partial charge on any atom is 0.266 e. The zero-order valence-electron chi connectivity index (χ0n) is 17.8. The number of halogens is 3. The van der Waals surface area contributed by atoms with Gasteiger partial charge < -0.3 is 14.8 Å². The van der Waals surface area contributed by atoms with Crippen LogP contribution < -0.4 is 14.8 Å². The van der Waals surface area contributed by atoms with Gasteiger partial charge in [0.1, 0.15) is 24.1 Å². The lowest BCUT2D eigenvalue weighted by Gasteiger charge is -2.14. The number of benzene rings is 3. The molecule has 0 saturated heterocycles. The van der Waals surface area contributed by atoms with Crippen molar-refractivity contribution in [3.05, 3.63) is 91.3 Å². The van der Waals surface area contributed by atoms with E-state index in [1.807, 2.05) is 19.1 Å². The third kappa shape index (κ3) is 6.24. The number of para-hydroxylation sites is 1. The van der Waals surface area contributed by atoms with E-state index in [-0.39, 0.29) is 18.0 Å². The van der Waals surface area contributed by atoms with Crippen LogP contribution in [0.15, 0.2) is 60.2 Å². The standard InChI is InChI=1S/C25H19ClFIN2O3/c1-15-4-3-5-20(26)23(15)30-25(31)18(13-29)10-17-11-21(28)24(22(12-17)32-2)33-14-16-6-8-19(27)9-7-16/h3-12H,14H2,1-2H3,(H,30,31)/b18-10+. The minimum atomic E-state index is -0.570. The SMILES string of the molecule is COc1cc(/C=C(\C#N)C(=O)Nc2c(C)cccc2Cl)cc(I)c1OCc1ccc(F)cc1. The molecule has 5 nitrogen and oxygen atoms in total. The maximum atomic E-state index is 13.1. The second kappa shape index (κ2) is 11.2. The Kier molecular flexibility index (Phi) is 8.31. The number of anilines is 1. The first kappa shape index (κ1) is 24.6. The Bertz CT molecular complexity index is 1230. The van der Waals surface area contributed by atoms with E-state index < -0.39 is 5.91 Å². The van der Waals surface area contributed by atoms with Gasteiger partial charge in [-0.2, -0.15) is 5.26 Å². The van der Waals surface area contributed by atoms with Crippen molar-refractivity contribution in [2.75, 3.05) is 12.4 Å². The van der Waals surface area contributed by atoms with Gasteiger partial charge in [0, 0.05) is 0 Å². The molecule has 0 bridgehead atoms. The van der Waals surface area contributed by atoms with Crippen LogP contribution in [0.25, 0.3) is 6.08 Å². The molecule has 0 atom stereocenters.